The summed E-state index contributed by atoms with van der Waals surface area (Å²) >= 11 is 0. The molecule has 2 nitrogen and oxygen atoms in total. The molecule has 0 amide bonds. The zero-order valence-corrected chi connectivity index (χ0v) is 11.6. The number of benzene rings is 2. The summed E-state index contributed by atoms with van der Waals surface area (Å²) < 4.78 is 56.0. The van der Waals surface area contributed by atoms with Crippen molar-refractivity contribution in [3.63, 3.8) is 0 Å². The summed E-state index contributed by atoms with van der Waals surface area (Å²) in [6, 6.07) is 10.4. The van der Waals surface area contributed by atoms with Crippen molar-refractivity contribution >= 4 is 0 Å². The van der Waals surface area contributed by atoms with Gasteiger partial charge in [-0.15, -0.1) is 0 Å². The Balaban J connectivity index is 2.02. The second kappa shape index (κ2) is 6.79. The van der Waals surface area contributed by atoms with Crippen molar-refractivity contribution in [3.8, 4) is 5.75 Å². The molecule has 6 heteroatoms. The van der Waals surface area contributed by atoms with Gasteiger partial charge in [0.25, 0.3) is 0 Å². The molecule has 0 aliphatic rings. The van der Waals surface area contributed by atoms with E-state index in [1.165, 1.54) is 24.3 Å². The fourth-order valence-electron chi connectivity index (χ4n) is 2.00. The third kappa shape index (κ3) is 4.21. The lowest BCUT2D eigenvalue weighted by atomic mass is 10.0. The molecule has 0 aliphatic heterocycles. The number of ether oxygens (including phenoxy) is 1. The van der Waals surface area contributed by atoms with Crippen molar-refractivity contribution in [2.45, 2.75) is 12.1 Å². The minimum Gasteiger partial charge on any atom is -0.493 e. The van der Waals surface area contributed by atoms with Crippen LogP contribution in [-0.2, 0) is 6.18 Å². The number of alkyl halides is 3. The molecule has 1 unspecified atom stereocenters. The Morgan fingerprint density at radius 3 is 2.27 bits per heavy atom. The molecule has 2 aromatic rings. The van der Waals surface area contributed by atoms with Crippen LogP contribution < -0.4 is 10.5 Å². The Labute approximate surface area is 125 Å². The number of hydrogen-bond acceptors (Lipinski definition) is 2. The average Bonchev–Trinajstić information content (AvgIpc) is 2.47. The first-order valence-corrected chi connectivity index (χ1v) is 6.65. The normalized spacial score (nSPS) is 13.0. The largest absolute Gasteiger partial charge is 0.493 e. The summed E-state index contributed by atoms with van der Waals surface area (Å²) in [4.78, 5) is 0. The van der Waals surface area contributed by atoms with Gasteiger partial charge < -0.3 is 10.5 Å². The van der Waals surface area contributed by atoms with Crippen LogP contribution in [0.2, 0.25) is 0 Å². The van der Waals surface area contributed by atoms with Gasteiger partial charge in [-0.3, -0.25) is 0 Å². The van der Waals surface area contributed by atoms with E-state index in [1.807, 2.05) is 0 Å². The monoisotopic (exact) mass is 313 g/mol. The van der Waals surface area contributed by atoms with Crippen LogP contribution in [0.15, 0.2) is 48.5 Å². The molecule has 22 heavy (non-hydrogen) atoms. The van der Waals surface area contributed by atoms with Gasteiger partial charge in [-0.2, -0.15) is 13.2 Å². The maximum Gasteiger partial charge on any atom is 0.416 e. The van der Waals surface area contributed by atoms with E-state index >= 15 is 0 Å². The van der Waals surface area contributed by atoms with Crippen LogP contribution in [0.4, 0.5) is 17.6 Å². The third-order valence-corrected chi connectivity index (χ3v) is 3.24. The second-order valence-electron chi connectivity index (χ2n) is 4.82. The molecule has 0 fully saturated rings. The molecule has 0 aliphatic carbocycles. The van der Waals surface area contributed by atoms with Crippen molar-refractivity contribution < 1.29 is 22.3 Å². The van der Waals surface area contributed by atoms with Crippen LogP contribution in [0, 0.1) is 5.82 Å². The number of hydrogen-bond donors (Lipinski definition) is 1. The SMILES string of the molecule is NCC(COc1ccc(C(F)(F)F)cc1)c1cccc(F)c1. The Morgan fingerprint density at radius 1 is 1.05 bits per heavy atom. The lowest BCUT2D eigenvalue weighted by Gasteiger charge is -2.16. The first-order chi connectivity index (χ1) is 10.4. The number of halogens is 4. The van der Waals surface area contributed by atoms with Gasteiger partial charge in [-0.1, -0.05) is 12.1 Å². The van der Waals surface area contributed by atoms with Crippen molar-refractivity contribution in [1.29, 1.82) is 0 Å². The standard InChI is InChI=1S/C16H15F4NO/c17-14-3-1-2-11(8-14)12(9-21)10-22-15-6-4-13(5-7-15)16(18,19)20/h1-8,12H,9-10,21H2. The van der Waals surface area contributed by atoms with E-state index in [1.54, 1.807) is 12.1 Å². The van der Waals surface area contributed by atoms with Crippen LogP contribution in [0.5, 0.6) is 5.75 Å². The summed E-state index contributed by atoms with van der Waals surface area (Å²) in [6.45, 7) is 0.398. The molecule has 0 aromatic heterocycles. The van der Waals surface area contributed by atoms with Crippen molar-refractivity contribution in [3.05, 3.63) is 65.5 Å². The Kier molecular flexibility index (Phi) is 5.03. The topological polar surface area (TPSA) is 35.2 Å². The first-order valence-electron chi connectivity index (χ1n) is 6.65. The zero-order chi connectivity index (χ0) is 16.2. The predicted octanol–water partition coefficient (Wildman–Crippen LogP) is 3.97. The van der Waals surface area contributed by atoms with Crippen molar-refractivity contribution in [2.24, 2.45) is 5.73 Å². The fourth-order valence-corrected chi connectivity index (χ4v) is 2.00. The van der Waals surface area contributed by atoms with Gasteiger partial charge >= 0.3 is 6.18 Å². The van der Waals surface area contributed by atoms with E-state index in [0.29, 0.717) is 11.3 Å². The lowest BCUT2D eigenvalue weighted by molar-refractivity contribution is -0.137. The quantitative estimate of drug-likeness (QED) is 0.848. The minimum atomic E-state index is -4.38. The minimum absolute atomic E-state index is 0.158. The van der Waals surface area contributed by atoms with Gasteiger partial charge in [-0.05, 0) is 42.0 Å². The van der Waals surface area contributed by atoms with Crippen LogP contribution >= 0.6 is 0 Å². The summed E-state index contributed by atoms with van der Waals surface area (Å²) in [7, 11) is 0. The average molecular weight is 313 g/mol. The van der Waals surface area contributed by atoms with Gasteiger partial charge in [0.15, 0.2) is 0 Å². The molecular weight excluding hydrogens is 298 g/mol. The molecule has 2 aromatic carbocycles. The van der Waals surface area contributed by atoms with E-state index in [2.05, 4.69) is 0 Å². The lowest BCUT2D eigenvalue weighted by Crippen LogP contribution is -2.19. The van der Waals surface area contributed by atoms with Crippen LogP contribution in [-0.4, -0.2) is 13.2 Å². The number of nitrogens with two attached hydrogens (primary N) is 1. The van der Waals surface area contributed by atoms with Crippen LogP contribution in [0.1, 0.15) is 17.0 Å². The molecule has 118 valence electrons. The van der Waals surface area contributed by atoms with E-state index in [4.69, 9.17) is 10.5 Å². The molecule has 0 saturated carbocycles. The highest BCUT2D eigenvalue weighted by molar-refractivity contribution is 5.29. The first kappa shape index (κ1) is 16.3. The zero-order valence-electron chi connectivity index (χ0n) is 11.6. The van der Waals surface area contributed by atoms with E-state index < -0.39 is 11.7 Å². The highest BCUT2D eigenvalue weighted by Crippen LogP contribution is 2.30. The molecule has 0 spiro atoms. The van der Waals surface area contributed by atoms with E-state index in [9.17, 15) is 17.6 Å². The van der Waals surface area contributed by atoms with Crippen molar-refractivity contribution in [2.75, 3.05) is 13.2 Å². The van der Waals surface area contributed by atoms with Crippen molar-refractivity contribution in [1.82, 2.24) is 0 Å². The molecular formula is C16H15F4NO. The van der Waals surface area contributed by atoms with Gasteiger partial charge in [0, 0.05) is 12.5 Å². The second-order valence-corrected chi connectivity index (χ2v) is 4.82. The van der Waals surface area contributed by atoms with E-state index in [-0.39, 0.29) is 24.9 Å². The van der Waals surface area contributed by atoms with Gasteiger partial charge in [-0.25, -0.2) is 4.39 Å². The predicted molar refractivity (Wildman–Crippen MR) is 75.1 cm³/mol. The molecule has 1 atom stereocenters. The summed E-state index contributed by atoms with van der Waals surface area (Å²) in [5, 5.41) is 0. The number of rotatable bonds is 5. The van der Waals surface area contributed by atoms with E-state index in [0.717, 1.165) is 12.1 Å². The maximum absolute atomic E-state index is 13.2. The Morgan fingerprint density at radius 2 is 1.73 bits per heavy atom. The Bertz CT molecular complexity index is 610. The fraction of sp³-hybridized carbons (Fsp3) is 0.250. The third-order valence-electron chi connectivity index (χ3n) is 3.24. The van der Waals surface area contributed by atoms with Crippen LogP contribution in [0.3, 0.4) is 0 Å². The summed E-state index contributed by atoms with van der Waals surface area (Å²) in [6.07, 6.45) is -4.38. The van der Waals surface area contributed by atoms with Crippen LogP contribution in [0.25, 0.3) is 0 Å². The molecule has 2 rings (SSSR count). The van der Waals surface area contributed by atoms with Gasteiger partial charge in [0.05, 0.1) is 12.2 Å². The summed E-state index contributed by atoms with van der Waals surface area (Å²) in [5.74, 6) is -0.300. The molecule has 0 saturated heterocycles. The Hall–Kier alpha value is -2.08. The van der Waals surface area contributed by atoms with Gasteiger partial charge in [0.2, 0.25) is 0 Å². The smallest absolute Gasteiger partial charge is 0.416 e. The highest BCUT2D eigenvalue weighted by atomic mass is 19.4. The molecule has 2 N–H and O–H groups in total. The van der Waals surface area contributed by atoms with Gasteiger partial charge in [0.1, 0.15) is 11.6 Å². The molecule has 0 radical (unpaired) electrons. The molecule has 0 heterocycles. The summed E-state index contributed by atoms with van der Waals surface area (Å²) in [5.41, 5.74) is 5.60. The molecule has 0 bridgehead atoms. The maximum atomic E-state index is 13.2. The highest BCUT2D eigenvalue weighted by Gasteiger charge is 2.30.